The first-order valence-corrected chi connectivity index (χ1v) is 11.7. The number of pyridine rings is 1. The van der Waals surface area contributed by atoms with E-state index in [1.54, 1.807) is 28.2 Å². The predicted molar refractivity (Wildman–Crippen MR) is 134 cm³/mol. The van der Waals surface area contributed by atoms with E-state index in [4.69, 9.17) is 5.10 Å². The van der Waals surface area contributed by atoms with Gasteiger partial charge in [0.15, 0.2) is 0 Å². The zero-order valence-electron chi connectivity index (χ0n) is 19.5. The fraction of sp³-hybridized carbons (Fsp3) is 0.185. The van der Waals surface area contributed by atoms with Crippen molar-refractivity contribution in [1.29, 1.82) is 0 Å². The van der Waals surface area contributed by atoms with Crippen LogP contribution in [0.4, 0.5) is 10.1 Å². The molecule has 0 aliphatic carbocycles. The lowest BCUT2D eigenvalue weighted by molar-refractivity contribution is -0.117. The number of aromatic nitrogens is 3. The molecule has 1 saturated heterocycles. The molecule has 5 rings (SSSR count). The van der Waals surface area contributed by atoms with Crippen molar-refractivity contribution in [2.75, 3.05) is 38.0 Å². The third kappa shape index (κ3) is 5.31. The van der Waals surface area contributed by atoms with Gasteiger partial charge in [0.2, 0.25) is 5.91 Å². The van der Waals surface area contributed by atoms with E-state index < -0.39 is 0 Å². The number of carbonyl (C=O) groups excluding carboxylic acids is 2. The van der Waals surface area contributed by atoms with E-state index >= 15 is 0 Å². The molecule has 0 bridgehead atoms. The van der Waals surface area contributed by atoms with E-state index in [0.717, 1.165) is 11.3 Å². The highest BCUT2D eigenvalue weighted by molar-refractivity contribution is 6.00. The van der Waals surface area contributed by atoms with E-state index in [9.17, 15) is 14.0 Å². The second-order valence-corrected chi connectivity index (χ2v) is 8.54. The molecular weight excluding hydrogens is 459 g/mol. The fourth-order valence-electron chi connectivity index (χ4n) is 4.18. The Morgan fingerprint density at radius 1 is 0.917 bits per heavy atom. The largest absolute Gasteiger partial charge is 0.336 e. The van der Waals surface area contributed by atoms with Crippen LogP contribution in [0.3, 0.4) is 0 Å². The molecule has 2 aromatic carbocycles. The Morgan fingerprint density at radius 3 is 2.36 bits per heavy atom. The van der Waals surface area contributed by atoms with E-state index in [1.165, 1.54) is 24.3 Å². The number of nitrogens with one attached hydrogen (secondary N) is 1. The van der Waals surface area contributed by atoms with Gasteiger partial charge in [-0.2, -0.15) is 5.10 Å². The maximum Gasteiger partial charge on any atom is 0.257 e. The average Bonchev–Trinajstić information content (AvgIpc) is 3.37. The lowest BCUT2D eigenvalue weighted by atomic mass is 10.1. The molecule has 1 aliphatic heterocycles. The van der Waals surface area contributed by atoms with Gasteiger partial charge in [0.05, 0.1) is 17.8 Å². The van der Waals surface area contributed by atoms with E-state index in [1.807, 2.05) is 47.4 Å². The van der Waals surface area contributed by atoms with Gasteiger partial charge in [-0.3, -0.25) is 19.5 Å². The van der Waals surface area contributed by atoms with Gasteiger partial charge in [-0.05, 0) is 48.5 Å². The summed E-state index contributed by atoms with van der Waals surface area (Å²) in [6.07, 6.45) is 5.15. The number of hydrogen-bond acceptors (Lipinski definition) is 5. The summed E-state index contributed by atoms with van der Waals surface area (Å²) in [4.78, 5) is 33.9. The molecule has 1 aliphatic rings. The summed E-state index contributed by atoms with van der Waals surface area (Å²) in [5.41, 5.74) is 3.27. The zero-order chi connectivity index (χ0) is 24.9. The zero-order valence-corrected chi connectivity index (χ0v) is 19.5. The maximum atomic E-state index is 13.6. The minimum absolute atomic E-state index is 0.105. The van der Waals surface area contributed by atoms with Crippen LogP contribution >= 0.6 is 0 Å². The molecule has 1 fully saturated rings. The SMILES string of the molecule is O=C(CN1CCN(C(=O)c2cn(-c3ccccc3)nc2-c2cccnc2)CC1)Nc1ccc(F)cc1. The van der Waals surface area contributed by atoms with Crippen molar-refractivity contribution in [3.05, 3.63) is 96.7 Å². The number of halogens is 1. The molecule has 2 amide bonds. The Balaban J connectivity index is 1.26. The molecule has 1 N–H and O–H groups in total. The molecule has 9 heteroatoms. The second kappa shape index (κ2) is 10.5. The molecular formula is C27H25FN6O2. The van der Waals surface area contributed by atoms with E-state index in [-0.39, 0.29) is 24.2 Å². The molecule has 0 radical (unpaired) electrons. The first-order valence-electron chi connectivity index (χ1n) is 11.7. The van der Waals surface area contributed by atoms with Crippen LogP contribution in [0.25, 0.3) is 16.9 Å². The Morgan fingerprint density at radius 2 is 1.67 bits per heavy atom. The molecule has 0 saturated carbocycles. The number of anilines is 1. The summed E-state index contributed by atoms with van der Waals surface area (Å²) < 4.78 is 14.8. The smallest absolute Gasteiger partial charge is 0.257 e. The van der Waals surface area contributed by atoms with Crippen molar-refractivity contribution in [1.82, 2.24) is 24.6 Å². The minimum atomic E-state index is -0.352. The van der Waals surface area contributed by atoms with Crippen LogP contribution in [0.5, 0.6) is 0 Å². The highest BCUT2D eigenvalue weighted by Gasteiger charge is 2.27. The topological polar surface area (TPSA) is 83.4 Å². The van der Waals surface area contributed by atoms with Crippen molar-refractivity contribution in [2.45, 2.75) is 0 Å². The quantitative estimate of drug-likeness (QED) is 0.453. The first-order chi connectivity index (χ1) is 17.6. The number of benzene rings is 2. The highest BCUT2D eigenvalue weighted by atomic mass is 19.1. The third-order valence-electron chi connectivity index (χ3n) is 6.06. The summed E-state index contributed by atoms with van der Waals surface area (Å²) in [5.74, 6) is -0.634. The maximum absolute atomic E-state index is 13.6. The fourth-order valence-corrected chi connectivity index (χ4v) is 4.18. The molecule has 4 aromatic rings. The molecule has 2 aromatic heterocycles. The average molecular weight is 485 g/mol. The van der Waals surface area contributed by atoms with Gasteiger partial charge < -0.3 is 10.2 Å². The molecule has 0 atom stereocenters. The summed E-state index contributed by atoms with van der Waals surface area (Å²) in [5, 5.41) is 7.48. The lowest BCUT2D eigenvalue weighted by Crippen LogP contribution is -2.50. The Bertz CT molecular complexity index is 1330. The lowest BCUT2D eigenvalue weighted by Gasteiger charge is -2.34. The van der Waals surface area contributed by atoms with Crippen molar-refractivity contribution in [3.63, 3.8) is 0 Å². The second-order valence-electron chi connectivity index (χ2n) is 8.54. The monoisotopic (exact) mass is 484 g/mol. The number of rotatable bonds is 6. The van der Waals surface area contributed by atoms with Crippen LogP contribution in [0.1, 0.15) is 10.4 Å². The van der Waals surface area contributed by atoms with Crippen molar-refractivity contribution >= 4 is 17.5 Å². The predicted octanol–water partition coefficient (Wildman–Crippen LogP) is 3.47. The van der Waals surface area contributed by atoms with Gasteiger partial charge in [-0.1, -0.05) is 18.2 Å². The number of para-hydroxylation sites is 1. The number of nitrogens with zero attached hydrogens (tertiary/aromatic N) is 5. The van der Waals surface area contributed by atoms with Crippen LogP contribution in [0.15, 0.2) is 85.3 Å². The first kappa shape index (κ1) is 23.4. The van der Waals surface area contributed by atoms with Crippen molar-refractivity contribution in [2.24, 2.45) is 0 Å². The molecule has 182 valence electrons. The molecule has 8 nitrogen and oxygen atoms in total. The van der Waals surface area contributed by atoms with Gasteiger partial charge >= 0.3 is 0 Å². The normalized spacial score (nSPS) is 14.0. The molecule has 0 spiro atoms. The third-order valence-corrected chi connectivity index (χ3v) is 6.06. The van der Waals surface area contributed by atoms with Gasteiger partial charge in [0.25, 0.3) is 5.91 Å². The van der Waals surface area contributed by atoms with E-state index in [0.29, 0.717) is 43.1 Å². The molecule has 3 heterocycles. The Hall–Kier alpha value is -4.37. The summed E-state index contributed by atoms with van der Waals surface area (Å²) in [6.45, 7) is 2.32. The number of amides is 2. The van der Waals surface area contributed by atoms with E-state index in [2.05, 4.69) is 10.3 Å². The van der Waals surface area contributed by atoms with Crippen molar-refractivity contribution < 1.29 is 14.0 Å². The van der Waals surface area contributed by atoms with Crippen LogP contribution in [-0.4, -0.2) is 69.1 Å². The number of piperazine rings is 1. The van der Waals surface area contributed by atoms with Gasteiger partial charge in [-0.15, -0.1) is 0 Å². The van der Waals surface area contributed by atoms with Crippen LogP contribution in [0.2, 0.25) is 0 Å². The summed E-state index contributed by atoms with van der Waals surface area (Å²) >= 11 is 0. The number of hydrogen-bond donors (Lipinski definition) is 1. The van der Waals surface area contributed by atoms with Crippen LogP contribution in [-0.2, 0) is 4.79 Å². The Labute approximate surface area is 208 Å². The summed E-state index contributed by atoms with van der Waals surface area (Å²) in [6, 6.07) is 19.0. The Kier molecular flexibility index (Phi) is 6.81. The van der Waals surface area contributed by atoms with Gasteiger partial charge in [0.1, 0.15) is 11.5 Å². The highest BCUT2D eigenvalue weighted by Crippen LogP contribution is 2.25. The standard InChI is InChI=1S/C27H25FN6O2/c28-21-8-10-22(11-9-21)30-25(35)19-32-13-15-33(16-14-32)27(36)24-18-34(23-6-2-1-3-7-23)31-26(24)20-5-4-12-29-17-20/h1-12,17-18H,13-16,19H2,(H,30,35). The van der Waals surface area contributed by atoms with Crippen LogP contribution < -0.4 is 5.32 Å². The van der Waals surface area contributed by atoms with Crippen LogP contribution in [0, 0.1) is 5.82 Å². The van der Waals surface area contributed by atoms with Gasteiger partial charge in [0, 0.05) is 56.0 Å². The summed E-state index contributed by atoms with van der Waals surface area (Å²) in [7, 11) is 0. The molecule has 0 unspecified atom stereocenters. The number of carbonyl (C=O) groups is 2. The minimum Gasteiger partial charge on any atom is -0.336 e. The van der Waals surface area contributed by atoms with Crippen molar-refractivity contribution in [3.8, 4) is 16.9 Å². The van der Waals surface area contributed by atoms with Gasteiger partial charge in [-0.25, -0.2) is 9.07 Å². The molecule has 36 heavy (non-hydrogen) atoms.